The lowest BCUT2D eigenvalue weighted by atomic mass is 10.1. The van der Waals surface area contributed by atoms with E-state index < -0.39 is 0 Å². The van der Waals surface area contributed by atoms with Gasteiger partial charge in [0.25, 0.3) is 0 Å². The van der Waals surface area contributed by atoms with Gasteiger partial charge in [0.15, 0.2) is 0 Å². The maximum Gasteiger partial charge on any atom is 0.220 e. The van der Waals surface area contributed by atoms with Crippen LogP contribution in [0.2, 0.25) is 0 Å². The first-order valence-electron chi connectivity index (χ1n) is 9.02. The van der Waals surface area contributed by atoms with Crippen LogP contribution in [0.1, 0.15) is 24.0 Å². The van der Waals surface area contributed by atoms with E-state index in [1.165, 1.54) is 0 Å². The number of aliphatic hydroxyl groups is 1. The Morgan fingerprint density at radius 2 is 1.88 bits per heavy atom. The maximum absolute atomic E-state index is 12.3. The summed E-state index contributed by atoms with van der Waals surface area (Å²) in [6.45, 7) is 1.09. The molecule has 1 fully saturated rings. The smallest absolute Gasteiger partial charge is 0.220 e. The first kappa shape index (κ1) is 18.4. The fourth-order valence-electron chi connectivity index (χ4n) is 3.02. The van der Waals surface area contributed by atoms with Crippen LogP contribution in [0.4, 0.5) is 0 Å². The summed E-state index contributed by atoms with van der Waals surface area (Å²) in [4.78, 5) is 12.3. The summed E-state index contributed by atoms with van der Waals surface area (Å²) in [7, 11) is 0. The second-order valence-electron chi connectivity index (χ2n) is 6.48. The molecular formula is C21H25NO4. The monoisotopic (exact) mass is 355 g/mol. The normalized spacial score (nSPS) is 19.7. The quantitative estimate of drug-likeness (QED) is 0.801. The van der Waals surface area contributed by atoms with E-state index in [0.29, 0.717) is 26.1 Å². The fourth-order valence-corrected chi connectivity index (χ4v) is 3.02. The Kier molecular flexibility index (Phi) is 6.63. The molecule has 1 amide bonds. The van der Waals surface area contributed by atoms with Gasteiger partial charge in [-0.3, -0.25) is 4.79 Å². The summed E-state index contributed by atoms with van der Waals surface area (Å²) in [5.74, 6) is 0.742. The number of aliphatic hydroxyl groups excluding tert-OH is 1. The van der Waals surface area contributed by atoms with Crippen molar-refractivity contribution in [1.29, 1.82) is 0 Å². The zero-order valence-corrected chi connectivity index (χ0v) is 14.8. The van der Waals surface area contributed by atoms with Crippen LogP contribution < -0.4 is 10.1 Å². The van der Waals surface area contributed by atoms with Crippen LogP contribution in [0, 0.1) is 0 Å². The lowest BCUT2D eigenvalue weighted by Gasteiger charge is -2.32. The molecule has 2 atom stereocenters. The van der Waals surface area contributed by atoms with Gasteiger partial charge in [0.05, 0.1) is 25.9 Å². The third-order valence-corrected chi connectivity index (χ3v) is 4.52. The van der Waals surface area contributed by atoms with Crippen LogP contribution in [0.15, 0.2) is 54.6 Å². The molecule has 0 bridgehead atoms. The molecule has 2 N–H and O–H groups in total. The zero-order valence-electron chi connectivity index (χ0n) is 14.8. The van der Waals surface area contributed by atoms with E-state index in [2.05, 4.69) is 5.32 Å². The van der Waals surface area contributed by atoms with Crippen molar-refractivity contribution < 1.29 is 19.4 Å². The van der Waals surface area contributed by atoms with Gasteiger partial charge in [-0.25, -0.2) is 0 Å². The minimum Gasteiger partial charge on any atom is -0.488 e. The summed E-state index contributed by atoms with van der Waals surface area (Å²) >= 11 is 0. The summed E-state index contributed by atoms with van der Waals surface area (Å²) in [5.41, 5.74) is 1.99. The SMILES string of the molecule is O=C(CCc1ccccc1)N[C@@H]1COCC[C@H]1Oc1ccc(CO)cc1. The number of carbonyl (C=O) groups is 1. The molecule has 2 aromatic rings. The highest BCUT2D eigenvalue weighted by molar-refractivity contribution is 5.76. The number of nitrogens with one attached hydrogen (secondary N) is 1. The van der Waals surface area contributed by atoms with Crippen LogP contribution in [0.25, 0.3) is 0 Å². The van der Waals surface area contributed by atoms with E-state index in [0.717, 1.165) is 23.3 Å². The maximum atomic E-state index is 12.3. The van der Waals surface area contributed by atoms with Crippen molar-refractivity contribution in [2.24, 2.45) is 0 Å². The highest BCUT2D eigenvalue weighted by atomic mass is 16.5. The molecule has 0 saturated carbocycles. The molecule has 0 aromatic heterocycles. The number of rotatable bonds is 7. The molecule has 3 rings (SSSR count). The highest BCUT2D eigenvalue weighted by Gasteiger charge is 2.28. The molecule has 0 aliphatic carbocycles. The van der Waals surface area contributed by atoms with Crippen molar-refractivity contribution in [2.75, 3.05) is 13.2 Å². The van der Waals surface area contributed by atoms with Crippen molar-refractivity contribution in [2.45, 2.75) is 38.0 Å². The number of ether oxygens (including phenoxy) is 2. The van der Waals surface area contributed by atoms with Gasteiger partial charge in [-0.15, -0.1) is 0 Å². The number of benzene rings is 2. The topological polar surface area (TPSA) is 67.8 Å². The summed E-state index contributed by atoms with van der Waals surface area (Å²) < 4.78 is 11.6. The lowest BCUT2D eigenvalue weighted by molar-refractivity contribution is -0.124. The van der Waals surface area contributed by atoms with E-state index in [1.807, 2.05) is 54.6 Å². The average molecular weight is 355 g/mol. The largest absolute Gasteiger partial charge is 0.488 e. The molecule has 138 valence electrons. The van der Waals surface area contributed by atoms with Crippen LogP contribution in [-0.2, 0) is 22.6 Å². The van der Waals surface area contributed by atoms with Crippen molar-refractivity contribution >= 4 is 5.91 Å². The van der Waals surface area contributed by atoms with Gasteiger partial charge in [0.2, 0.25) is 5.91 Å². The van der Waals surface area contributed by atoms with Crippen molar-refractivity contribution in [1.82, 2.24) is 5.32 Å². The molecule has 1 heterocycles. The van der Waals surface area contributed by atoms with Gasteiger partial charge in [0, 0.05) is 12.8 Å². The Morgan fingerprint density at radius 1 is 1.12 bits per heavy atom. The molecule has 1 aliphatic rings. The Hall–Kier alpha value is -2.37. The summed E-state index contributed by atoms with van der Waals surface area (Å²) in [6, 6.07) is 17.2. The van der Waals surface area contributed by atoms with E-state index in [-0.39, 0.29) is 24.7 Å². The fraction of sp³-hybridized carbons (Fsp3) is 0.381. The Bertz CT molecular complexity index is 687. The molecule has 1 saturated heterocycles. The third-order valence-electron chi connectivity index (χ3n) is 4.52. The molecule has 5 nitrogen and oxygen atoms in total. The van der Waals surface area contributed by atoms with Crippen molar-refractivity contribution in [3.63, 3.8) is 0 Å². The lowest BCUT2D eigenvalue weighted by Crippen LogP contribution is -2.51. The van der Waals surface area contributed by atoms with E-state index in [9.17, 15) is 4.79 Å². The molecule has 2 aromatic carbocycles. The molecule has 0 spiro atoms. The molecular weight excluding hydrogens is 330 g/mol. The van der Waals surface area contributed by atoms with E-state index in [4.69, 9.17) is 14.6 Å². The minimum atomic E-state index is -0.162. The summed E-state index contributed by atoms with van der Waals surface area (Å²) in [5, 5.41) is 12.2. The average Bonchev–Trinajstić information content (AvgIpc) is 2.69. The van der Waals surface area contributed by atoms with Crippen LogP contribution in [0.3, 0.4) is 0 Å². The molecule has 5 heteroatoms. The second-order valence-corrected chi connectivity index (χ2v) is 6.48. The number of hydrogen-bond acceptors (Lipinski definition) is 4. The van der Waals surface area contributed by atoms with Crippen LogP contribution in [-0.4, -0.2) is 36.4 Å². The number of carbonyl (C=O) groups excluding carboxylic acids is 1. The second kappa shape index (κ2) is 9.36. The molecule has 0 radical (unpaired) electrons. The first-order chi connectivity index (χ1) is 12.7. The highest BCUT2D eigenvalue weighted by Crippen LogP contribution is 2.19. The van der Waals surface area contributed by atoms with E-state index in [1.54, 1.807) is 0 Å². The zero-order chi connectivity index (χ0) is 18.2. The standard InChI is InChI=1S/C21H25NO4/c23-14-17-6-9-18(10-7-17)26-20-12-13-25-15-19(20)22-21(24)11-8-16-4-2-1-3-5-16/h1-7,9-10,19-20,23H,8,11-15H2,(H,22,24)/t19-,20-/m1/s1. The van der Waals surface area contributed by atoms with E-state index >= 15 is 0 Å². The van der Waals surface area contributed by atoms with Gasteiger partial charge in [-0.1, -0.05) is 42.5 Å². The van der Waals surface area contributed by atoms with Gasteiger partial charge < -0.3 is 19.9 Å². The molecule has 0 unspecified atom stereocenters. The van der Waals surface area contributed by atoms with Gasteiger partial charge in [-0.05, 0) is 29.7 Å². The number of hydrogen-bond donors (Lipinski definition) is 2. The van der Waals surface area contributed by atoms with Crippen LogP contribution >= 0.6 is 0 Å². The Balaban J connectivity index is 1.53. The first-order valence-corrected chi connectivity index (χ1v) is 9.02. The number of aryl methyl sites for hydroxylation is 1. The van der Waals surface area contributed by atoms with Crippen LogP contribution in [0.5, 0.6) is 5.75 Å². The minimum absolute atomic E-state index is 0.00795. The number of amides is 1. The predicted molar refractivity (Wildman–Crippen MR) is 98.9 cm³/mol. The van der Waals surface area contributed by atoms with Gasteiger partial charge in [0.1, 0.15) is 11.9 Å². The van der Waals surface area contributed by atoms with Gasteiger partial charge in [-0.2, -0.15) is 0 Å². The molecule has 1 aliphatic heterocycles. The van der Waals surface area contributed by atoms with Crippen molar-refractivity contribution in [3.05, 3.63) is 65.7 Å². The summed E-state index contributed by atoms with van der Waals surface area (Å²) in [6.07, 6.45) is 1.77. The molecule has 26 heavy (non-hydrogen) atoms. The van der Waals surface area contributed by atoms with Crippen molar-refractivity contribution in [3.8, 4) is 5.75 Å². The Labute approximate surface area is 153 Å². The van der Waals surface area contributed by atoms with Gasteiger partial charge >= 0.3 is 0 Å². The Morgan fingerprint density at radius 3 is 2.62 bits per heavy atom. The predicted octanol–water partition coefficient (Wildman–Crippen LogP) is 2.46. The third kappa shape index (κ3) is 5.31.